The predicted octanol–water partition coefficient (Wildman–Crippen LogP) is 3.24. The van der Waals surface area contributed by atoms with Gasteiger partial charge in [-0.1, -0.05) is 23.7 Å². The van der Waals surface area contributed by atoms with Gasteiger partial charge in [0.25, 0.3) is 0 Å². The van der Waals surface area contributed by atoms with Gasteiger partial charge >= 0.3 is 5.69 Å². The van der Waals surface area contributed by atoms with E-state index in [-0.39, 0.29) is 17.3 Å². The van der Waals surface area contributed by atoms with Crippen LogP contribution in [-0.2, 0) is 13.7 Å². The maximum absolute atomic E-state index is 11.6. The molecule has 0 fully saturated rings. The summed E-state index contributed by atoms with van der Waals surface area (Å²) in [6.07, 6.45) is 0. The highest BCUT2D eigenvalue weighted by Crippen LogP contribution is 2.36. The molecule has 0 aliphatic rings. The third-order valence-corrected chi connectivity index (χ3v) is 4.78. The molecule has 0 radical (unpaired) electrons. The molecule has 0 aliphatic heterocycles. The number of aromatic nitrogens is 5. The van der Waals surface area contributed by atoms with Crippen LogP contribution >= 0.6 is 11.6 Å². The van der Waals surface area contributed by atoms with Crippen molar-refractivity contribution < 1.29 is 9.15 Å². The highest BCUT2D eigenvalue weighted by atomic mass is 35.5. The Morgan fingerprint density at radius 1 is 1.27 bits per heavy atom. The van der Waals surface area contributed by atoms with Gasteiger partial charge in [-0.25, -0.2) is 9.89 Å². The standard InChI is InChI=1S/C20H15ClN6O3/c1-11-23-25-19(30-11)13-5-3-4-12(6-13)15-7-14(9-22)16(21)8-17(15)29-10-18-24-26-20(28)27(18)2/h3-8H,10H2,1-2H3,(H,26,28). The van der Waals surface area contributed by atoms with Gasteiger partial charge in [-0.05, 0) is 23.8 Å². The SMILES string of the molecule is Cc1nnc(-c2cccc(-c3cc(C#N)c(Cl)cc3OCc3n[nH]c(=O)n3C)c2)o1. The third-order valence-electron chi connectivity index (χ3n) is 4.47. The molecule has 0 spiro atoms. The number of nitrogens with one attached hydrogen (secondary N) is 1. The van der Waals surface area contributed by atoms with Crippen molar-refractivity contribution in [2.75, 3.05) is 0 Å². The highest BCUT2D eigenvalue weighted by molar-refractivity contribution is 6.32. The minimum atomic E-state index is -0.339. The summed E-state index contributed by atoms with van der Waals surface area (Å²) >= 11 is 6.22. The number of benzene rings is 2. The summed E-state index contributed by atoms with van der Waals surface area (Å²) in [5.41, 5.74) is 2.11. The molecule has 2 heterocycles. The Labute approximate surface area is 175 Å². The van der Waals surface area contributed by atoms with Gasteiger partial charge in [-0.15, -0.1) is 10.2 Å². The third kappa shape index (κ3) is 3.68. The van der Waals surface area contributed by atoms with Gasteiger partial charge < -0.3 is 9.15 Å². The van der Waals surface area contributed by atoms with E-state index in [0.29, 0.717) is 34.5 Å². The number of aromatic amines is 1. The zero-order valence-electron chi connectivity index (χ0n) is 16.0. The van der Waals surface area contributed by atoms with Crippen molar-refractivity contribution in [3.63, 3.8) is 0 Å². The second-order valence-corrected chi connectivity index (χ2v) is 6.85. The van der Waals surface area contributed by atoms with Gasteiger partial charge in [0, 0.05) is 31.2 Å². The molecule has 1 N–H and O–H groups in total. The molecule has 0 atom stereocenters. The fourth-order valence-electron chi connectivity index (χ4n) is 2.87. The average Bonchev–Trinajstić information content (AvgIpc) is 3.32. The minimum absolute atomic E-state index is 0.0347. The summed E-state index contributed by atoms with van der Waals surface area (Å²) < 4.78 is 12.8. The van der Waals surface area contributed by atoms with E-state index in [1.807, 2.05) is 24.3 Å². The van der Waals surface area contributed by atoms with Crippen LogP contribution in [0.25, 0.3) is 22.6 Å². The van der Waals surface area contributed by atoms with E-state index in [9.17, 15) is 10.1 Å². The minimum Gasteiger partial charge on any atom is -0.485 e. The molecule has 30 heavy (non-hydrogen) atoms. The first-order valence-electron chi connectivity index (χ1n) is 8.84. The lowest BCUT2D eigenvalue weighted by Gasteiger charge is -2.13. The lowest BCUT2D eigenvalue weighted by atomic mass is 10.00. The first-order chi connectivity index (χ1) is 14.5. The Hall–Kier alpha value is -3.90. The lowest BCUT2D eigenvalue weighted by Crippen LogP contribution is -2.15. The Morgan fingerprint density at radius 2 is 2.07 bits per heavy atom. The smallest absolute Gasteiger partial charge is 0.343 e. The van der Waals surface area contributed by atoms with Gasteiger partial charge in [0.2, 0.25) is 11.8 Å². The predicted molar refractivity (Wildman–Crippen MR) is 108 cm³/mol. The summed E-state index contributed by atoms with van der Waals surface area (Å²) in [5.74, 6) is 1.70. The summed E-state index contributed by atoms with van der Waals surface area (Å²) in [6.45, 7) is 1.75. The molecule has 0 unspecified atom stereocenters. The molecule has 4 aromatic rings. The number of nitriles is 1. The van der Waals surface area contributed by atoms with Crippen molar-refractivity contribution in [3.8, 4) is 34.4 Å². The van der Waals surface area contributed by atoms with E-state index < -0.39 is 0 Å². The van der Waals surface area contributed by atoms with E-state index >= 15 is 0 Å². The molecular weight excluding hydrogens is 408 g/mol. The monoisotopic (exact) mass is 422 g/mol. The lowest BCUT2D eigenvalue weighted by molar-refractivity contribution is 0.292. The maximum atomic E-state index is 11.6. The number of ether oxygens (including phenoxy) is 1. The van der Waals surface area contributed by atoms with Crippen molar-refractivity contribution in [1.82, 2.24) is 25.0 Å². The van der Waals surface area contributed by atoms with Crippen molar-refractivity contribution in [1.29, 1.82) is 5.26 Å². The summed E-state index contributed by atoms with van der Waals surface area (Å²) in [7, 11) is 1.59. The molecule has 2 aromatic carbocycles. The first kappa shape index (κ1) is 19.4. The van der Waals surface area contributed by atoms with Gasteiger partial charge in [0.1, 0.15) is 18.4 Å². The zero-order valence-corrected chi connectivity index (χ0v) is 16.8. The Bertz CT molecular complexity index is 1330. The molecule has 4 rings (SSSR count). The van der Waals surface area contributed by atoms with E-state index in [4.69, 9.17) is 20.8 Å². The van der Waals surface area contributed by atoms with Crippen LogP contribution in [-0.4, -0.2) is 25.0 Å². The molecule has 2 aromatic heterocycles. The molecule has 0 aliphatic carbocycles. The van der Waals surface area contributed by atoms with Crippen LogP contribution in [0.4, 0.5) is 0 Å². The van der Waals surface area contributed by atoms with Crippen LogP contribution in [0.5, 0.6) is 5.75 Å². The molecule has 0 saturated heterocycles. The number of nitrogens with zero attached hydrogens (tertiary/aromatic N) is 5. The van der Waals surface area contributed by atoms with Gasteiger partial charge in [0.05, 0.1) is 10.6 Å². The Kier molecular flexibility index (Phi) is 5.08. The van der Waals surface area contributed by atoms with E-state index in [2.05, 4.69) is 26.5 Å². The van der Waals surface area contributed by atoms with E-state index in [0.717, 1.165) is 11.1 Å². The van der Waals surface area contributed by atoms with Crippen LogP contribution in [0.15, 0.2) is 45.6 Å². The second-order valence-electron chi connectivity index (χ2n) is 6.44. The summed E-state index contributed by atoms with van der Waals surface area (Å²) in [4.78, 5) is 11.6. The number of rotatable bonds is 5. The number of halogens is 1. The number of H-pyrrole nitrogens is 1. The Morgan fingerprint density at radius 3 is 2.73 bits per heavy atom. The van der Waals surface area contributed by atoms with Crippen LogP contribution in [0, 0.1) is 18.3 Å². The maximum Gasteiger partial charge on any atom is 0.343 e. The second kappa shape index (κ2) is 7.85. The van der Waals surface area contributed by atoms with Gasteiger partial charge in [0.15, 0.2) is 5.82 Å². The van der Waals surface area contributed by atoms with Crippen molar-refractivity contribution in [2.24, 2.45) is 7.05 Å². The first-order valence-corrected chi connectivity index (χ1v) is 9.21. The molecule has 9 nitrogen and oxygen atoms in total. The fraction of sp³-hybridized carbons (Fsp3) is 0.150. The van der Waals surface area contributed by atoms with Crippen molar-refractivity contribution in [3.05, 3.63) is 69.2 Å². The van der Waals surface area contributed by atoms with Crippen LogP contribution in [0.1, 0.15) is 17.3 Å². The zero-order chi connectivity index (χ0) is 21.3. The normalized spacial score (nSPS) is 10.7. The van der Waals surface area contributed by atoms with Crippen LogP contribution in [0.3, 0.4) is 0 Å². The number of hydrogen-bond donors (Lipinski definition) is 1. The molecule has 150 valence electrons. The topological polar surface area (TPSA) is 123 Å². The van der Waals surface area contributed by atoms with Crippen LogP contribution in [0.2, 0.25) is 5.02 Å². The van der Waals surface area contributed by atoms with E-state index in [1.165, 1.54) is 4.57 Å². The largest absolute Gasteiger partial charge is 0.485 e. The van der Waals surface area contributed by atoms with Gasteiger partial charge in [-0.2, -0.15) is 10.4 Å². The number of hydrogen-bond acceptors (Lipinski definition) is 7. The van der Waals surface area contributed by atoms with Crippen LogP contribution < -0.4 is 10.4 Å². The molecule has 10 heteroatoms. The fourth-order valence-corrected chi connectivity index (χ4v) is 3.07. The molecule has 0 bridgehead atoms. The van der Waals surface area contributed by atoms with Crippen molar-refractivity contribution >= 4 is 11.6 Å². The Balaban J connectivity index is 1.76. The highest BCUT2D eigenvalue weighted by Gasteiger charge is 2.15. The summed E-state index contributed by atoms with van der Waals surface area (Å²) in [6, 6.07) is 12.7. The average molecular weight is 423 g/mol. The molecule has 0 amide bonds. The quantitative estimate of drug-likeness (QED) is 0.523. The van der Waals surface area contributed by atoms with E-state index in [1.54, 1.807) is 26.1 Å². The van der Waals surface area contributed by atoms with Gasteiger partial charge in [-0.3, -0.25) is 4.57 Å². The summed E-state index contributed by atoms with van der Waals surface area (Å²) in [5, 5.41) is 23.9. The molecule has 0 saturated carbocycles. The number of aryl methyl sites for hydroxylation is 1. The van der Waals surface area contributed by atoms with Crippen molar-refractivity contribution in [2.45, 2.75) is 13.5 Å². The molecular formula is C20H15ClN6O3.